The number of ether oxygens (including phenoxy) is 4. The number of quaternary nitrogens is 1. The maximum Gasteiger partial charge on any atom is 0.361 e. The highest BCUT2D eigenvalue weighted by Crippen LogP contribution is 2.17. The molecular weight excluding hydrogens is 1080 g/mol. The van der Waals surface area contributed by atoms with Crippen LogP contribution in [0.4, 0.5) is 0 Å². The molecule has 0 aliphatic heterocycles. The van der Waals surface area contributed by atoms with Gasteiger partial charge in [-0.2, -0.15) is 0 Å². The fourth-order valence-corrected chi connectivity index (χ4v) is 9.77. The van der Waals surface area contributed by atoms with Crippen LogP contribution in [0.3, 0.4) is 0 Å². The third kappa shape index (κ3) is 69.0. The van der Waals surface area contributed by atoms with Crippen molar-refractivity contribution in [2.75, 3.05) is 47.5 Å². The normalized spacial score (nSPS) is 13.4. The minimum absolute atomic E-state index is 0.184. The Morgan fingerprint density at radius 3 is 0.977 bits per heavy atom. The number of unbranched alkanes of at least 4 members (excludes halogenated alkanes) is 30. The van der Waals surface area contributed by atoms with Crippen LogP contribution in [-0.4, -0.2) is 87.4 Å². The van der Waals surface area contributed by atoms with Crippen LogP contribution in [0.2, 0.25) is 0 Å². The van der Waals surface area contributed by atoms with E-state index in [0.29, 0.717) is 17.4 Å². The summed E-state index contributed by atoms with van der Waals surface area (Å²) in [6.45, 7) is 4.77. The Kier molecular flexibility index (Phi) is 64.3. The molecule has 0 saturated heterocycles. The van der Waals surface area contributed by atoms with Crippen LogP contribution in [-0.2, 0) is 33.3 Å². The summed E-state index contributed by atoms with van der Waals surface area (Å²) in [6.07, 6.45) is 93.1. The van der Waals surface area contributed by atoms with E-state index in [9.17, 15) is 19.5 Å². The van der Waals surface area contributed by atoms with E-state index >= 15 is 0 Å². The number of allylic oxidation sites excluding steroid dienone is 20. The molecule has 0 saturated carbocycles. The summed E-state index contributed by atoms with van der Waals surface area (Å²) in [6, 6.07) is 0. The number of esters is 2. The first-order valence-electron chi connectivity index (χ1n) is 35.7. The predicted molar refractivity (Wildman–Crippen MR) is 373 cm³/mol. The lowest BCUT2D eigenvalue weighted by atomic mass is 10.0. The lowest BCUT2D eigenvalue weighted by molar-refractivity contribution is -0.870. The molecule has 9 nitrogen and oxygen atoms in total. The standard InChI is InChI=1S/C78H133NO8/c1-6-8-10-12-14-16-18-20-22-24-26-28-29-30-31-32-33-34-35-36-37-38-39-40-41-42-43-44-45-46-47-49-51-53-55-57-59-61-63-65-67-69-76(81)87-74(73-86-78(77(82)83)84-71-70-79(3,4)5)72-85-75(80)68-66-64-62-60-58-56-54-52-50-48-27-25-23-21-19-17-15-13-11-9-7-2/h8,10,14,16,19-22,25-28,30-31,33-34,36-37,39-40,74,78H,6-7,9,11-13,15,17-18,23-24,29,32,35,38,41-73H2,1-5H3/p+1/b10-8-,16-14-,21-19-,22-20-,27-25-,28-26-,31-30-,34-33-,37-36-,40-39-. The molecule has 0 aromatic carbocycles. The van der Waals surface area contributed by atoms with Crippen LogP contribution >= 0.6 is 0 Å². The van der Waals surface area contributed by atoms with Crippen LogP contribution in [0, 0.1) is 0 Å². The third-order valence-corrected chi connectivity index (χ3v) is 15.2. The summed E-state index contributed by atoms with van der Waals surface area (Å²) in [5, 5.41) is 9.74. The Morgan fingerprint density at radius 2 is 0.655 bits per heavy atom. The van der Waals surface area contributed by atoms with Crippen LogP contribution in [0.25, 0.3) is 0 Å². The van der Waals surface area contributed by atoms with Gasteiger partial charge in [0.2, 0.25) is 0 Å². The van der Waals surface area contributed by atoms with E-state index in [1.54, 1.807) is 0 Å². The van der Waals surface area contributed by atoms with Gasteiger partial charge in [-0.1, -0.05) is 296 Å². The summed E-state index contributed by atoms with van der Waals surface area (Å²) in [5.74, 6) is -2.01. The SMILES string of the molecule is CC/C=C\C/C=C\C/C=C\C/C=C\C/C=C\C/C=C\C/C=C\C/C=C\CCCCCCCCCCCCCCCCCCC(=O)OC(COC(=O)CCCCCCCCCCC/C=C\C/C=C\CCCCCCC)COC(OCC[N+](C)(C)C)C(=O)O. The van der Waals surface area contributed by atoms with Crippen molar-refractivity contribution in [1.82, 2.24) is 0 Å². The predicted octanol–water partition coefficient (Wildman–Crippen LogP) is 22.4. The second-order valence-electron chi connectivity index (χ2n) is 24.8. The van der Waals surface area contributed by atoms with Gasteiger partial charge in [0, 0.05) is 12.8 Å². The van der Waals surface area contributed by atoms with Crippen molar-refractivity contribution in [3.8, 4) is 0 Å². The van der Waals surface area contributed by atoms with E-state index < -0.39 is 24.3 Å². The van der Waals surface area contributed by atoms with Crippen LogP contribution < -0.4 is 0 Å². The minimum Gasteiger partial charge on any atom is -0.477 e. The van der Waals surface area contributed by atoms with Gasteiger partial charge >= 0.3 is 17.9 Å². The molecule has 0 fully saturated rings. The van der Waals surface area contributed by atoms with E-state index in [4.69, 9.17) is 18.9 Å². The van der Waals surface area contributed by atoms with Gasteiger partial charge in [0.15, 0.2) is 6.10 Å². The Hall–Kier alpha value is -4.31. The lowest BCUT2D eigenvalue weighted by Gasteiger charge is -2.25. The van der Waals surface area contributed by atoms with Gasteiger partial charge in [-0.15, -0.1) is 0 Å². The average molecular weight is 1210 g/mol. The summed E-state index contributed by atoms with van der Waals surface area (Å²) >= 11 is 0. The topological polar surface area (TPSA) is 108 Å². The van der Waals surface area contributed by atoms with Gasteiger partial charge in [-0.25, -0.2) is 4.79 Å². The Labute approximate surface area is 536 Å². The number of nitrogens with zero attached hydrogens (tertiary/aromatic N) is 1. The number of carboxylic acid groups (broad SMARTS) is 1. The number of hydrogen-bond acceptors (Lipinski definition) is 7. The van der Waals surface area contributed by atoms with E-state index in [1.165, 1.54) is 173 Å². The Balaban J connectivity index is 4.07. The zero-order valence-corrected chi connectivity index (χ0v) is 56.9. The second-order valence-corrected chi connectivity index (χ2v) is 24.8. The third-order valence-electron chi connectivity index (χ3n) is 15.2. The van der Waals surface area contributed by atoms with Crippen LogP contribution in [0.5, 0.6) is 0 Å². The molecule has 0 bridgehead atoms. The molecule has 1 N–H and O–H groups in total. The van der Waals surface area contributed by atoms with E-state index in [-0.39, 0.29) is 32.2 Å². The van der Waals surface area contributed by atoms with Crippen molar-refractivity contribution in [2.45, 2.75) is 309 Å². The number of rotatable bonds is 65. The highest BCUT2D eigenvalue weighted by Gasteiger charge is 2.25. The molecule has 0 aromatic heterocycles. The Bertz CT molecular complexity index is 1840. The number of carbonyl (C=O) groups is 3. The van der Waals surface area contributed by atoms with E-state index in [0.717, 1.165) is 96.3 Å². The van der Waals surface area contributed by atoms with Crippen molar-refractivity contribution in [1.29, 1.82) is 0 Å². The molecule has 498 valence electrons. The molecule has 0 amide bonds. The number of aliphatic carboxylic acids is 1. The second kappa shape index (κ2) is 67.6. The fraction of sp³-hybridized carbons (Fsp3) is 0.705. The summed E-state index contributed by atoms with van der Waals surface area (Å²) in [5.41, 5.74) is 0. The van der Waals surface area contributed by atoms with Crippen molar-refractivity contribution >= 4 is 17.9 Å². The van der Waals surface area contributed by atoms with Crippen LogP contribution in [0.1, 0.15) is 296 Å². The highest BCUT2D eigenvalue weighted by molar-refractivity contribution is 5.71. The summed E-state index contributed by atoms with van der Waals surface area (Å²) in [4.78, 5) is 37.6. The van der Waals surface area contributed by atoms with Gasteiger partial charge in [0.05, 0.1) is 34.4 Å². The highest BCUT2D eigenvalue weighted by atomic mass is 16.7. The van der Waals surface area contributed by atoms with Gasteiger partial charge in [0.1, 0.15) is 13.2 Å². The van der Waals surface area contributed by atoms with Crippen molar-refractivity contribution in [3.05, 3.63) is 122 Å². The molecule has 2 unspecified atom stereocenters. The molecule has 0 heterocycles. The molecular formula is C78H134NO8+. The smallest absolute Gasteiger partial charge is 0.361 e. The summed E-state index contributed by atoms with van der Waals surface area (Å²) < 4.78 is 23.0. The summed E-state index contributed by atoms with van der Waals surface area (Å²) in [7, 11) is 5.98. The van der Waals surface area contributed by atoms with Crippen molar-refractivity contribution in [2.24, 2.45) is 0 Å². The van der Waals surface area contributed by atoms with E-state index in [2.05, 4.69) is 135 Å². The monoisotopic (exact) mass is 1210 g/mol. The number of hydrogen-bond donors (Lipinski definition) is 1. The maximum atomic E-state index is 12.9. The number of carbonyl (C=O) groups excluding carboxylic acids is 2. The van der Waals surface area contributed by atoms with Crippen molar-refractivity contribution < 1.29 is 42.9 Å². The molecule has 0 aliphatic rings. The lowest BCUT2D eigenvalue weighted by Crippen LogP contribution is -2.40. The fourth-order valence-electron chi connectivity index (χ4n) is 9.77. The molecule has 0 radical (unpaired) electrons. The molecule has 9 heteroatoms. The Morgan fingerprint density at radius 1 is 0.356 bits per heavy atom. The zero-order valence-electron chi connectivity index (χ0n) is 56.9. The van der Waals surface area contributed by atoms with Gasteiger partial charge < -0.3 is 28.5 Å². The number of carboxylic acids is 1. The maximum absolute atomic E-state index is 12.9. The van der Waals surface area contributed by atoms with Crippen molar-refractivity contribution in [3.63, 3.8) is 0 Å². The quantitative estimate of drug-likeness (QED) is 0.0211. The van der Waals surface area contributed by atoms with E-state index in [1.807, 2.05) is 21.1 Å². The first-order valence-corrected chi connectivity index (χ1v) is 35.7. The van der Waals surface area contributed by atoms with Gasteiger partial charge in [-0.05, 0) is 109 Å². The van der Waals surface area contributed by atoms with Gasteiger partial charge in [-0.3, -0.25) is 9.59 Å². The number of likely N-dealkylation sites (N-methyl/N-ethyl adjacent to an activating group) is 1. The molecule has 0 aromatic rings. The zero-order chi connectivity index (χ0) is 63.3. The first kappa shape index (κ1) is 82.7. The first-order chi connectivity index (χ1) is 42.6. The average Bonchev–Trinajstić information content (AvgIpc) is 3.59. The molecule has 0 rings (SSSR count). The van der Waals surface area contributed by atoms with Crippen LogP contribution in [0.15, 0.2) is 122 Å². The molecule has 87 heavy (non-hydrogen) atoms. The molecule has 0 spiro atoms. The molecule has 0 aliphatic carbocycles. The largest absolute Gasteiger partial charge is 0.477 e. The molecule has 2 atom stereocenters. The van der Waals surface area contributed by atoms with Gasteiger partial charge in [0.25, 0.3) is 6.29 Å². The minimum atomic E-state index is -1.52.